The van der Waals surface area contributed by atoms with Crippen LogP contribution in [-0.2, 0) is 10.0 Å². The van der Waals surface area contributed by atoms with Crippen molar-refractivity contribution in [3.63, 3.8) is 0 Å². The number of nitrogens with two attached hydrogens (primary N) is 1. The van der Waals surface area contributed by atoms with Crippen LogP contribution in [-0.4, -0.2) is 19.9 Å². The van der Waals surface area contributed by atoms with Crippen molar-refractivity contribution in [3.05, 3.63) is 30.3 Å². The average Bonchev–Trinajstić information content (AvgIpc) is 2.51. The van der Waals surface area contributed by atoms with Gasteiger partial charge in [-0.25, -0.2) is 24.0 Å². The van der Waals surface area contributed by atoms with E-state index in [0.29, 0.717) is 23.8 Å². The van der Waals surface area contributed by atoms with E-state index in [1.54, 1.807) is 30.3 Å². The minimum Gasteiger partial charge on any atom is -0.308 e. The molecule has 2 rings (SSSR count). The molecular weight excluding hydrogens is 288 g/mol. The summed E-state index contributed by atoms with van der Waals surface area (Å²) in [6.07, 6.45) is 0.930. The molecule has 114 valence electrons. The Labute approximate surface area is 124 Å². The highest BCUT2D eigenvalue weighted by Gasteiger charge is 2.15. The lowest BCUT2D eigenvalue weighted by molar-refractivity contribution is 0.528. The number of nitrogens with one attached hydrogen (secondary N) is 2. The lowest BCUT2D eigenvalue weighted by atomic mass is 10.1. The molecule has 1 heterocycles. The summed E-state index contributed by atoms with van der Waals surface area (Å²) >= 11 is 0. The van der Waals surface area contributed by atoms with Crippen LogP contribution in [0.1, 0.15) is 20.3 Å². The van der Waals surface area contributed by atoms with Crippen LogP contribution < -0.4 is 16.0 Å². The van der Waals surface area contributed by atoms with Crippen LogP contribution >= 0.6 is 0 Å². The first kappa shape index (κ1) is 15.7. The third kappa shape index (κ3) is 3.69. The molecule has 0 saturated heterocycles. The van der Waals surface area contributed by atoms with Gasteiger partial charge in [0.05, 0.1) is 10.4 Å². The number of pyridine rings is 1. The van der Waals surface area contributed by atoms with Crippen molar-refractivity contribution in [2.45, 2.75) is 25.2 Å². The average molecular weight is 308 g/mol. The number of hydrazine groups is 1. The highest BCUT2D eigenvalue weighted by Crippen LogP contribution is 2.19. The first-order chi connectivity index (χ1) is 9.96. The Kier molecular flexibility index (Phi) is 4.76. The maximum absolute atomic E-state index is 12.3. The van der Waals surface area contributed by atoms with Crippen molar-refractivity contribution in [1.82, 2.24) is 9.71 Å². The number of nitrogens with zero attached hydrogens (tertiary/aromatic N) is 1. The number of benzene rings is 1. The summed E-state index contributed by atoms with van der Waals surface area (Å²) in [4.78, 5) is 4.50. The van der Waals surface area contributed by atoms with E-state index in [0.717, 1.165) is 11.8 Å². The van der Waals surface area contributed by atoms with Gasteiger partial charge in [-0.3, -0.25) is 0 Å². The van der Waals surface area contributed by atoms with Crippen molar-refractivity contribution >= 4 is 26.7 Å². The monoisotopic (exact) mass is 308 g/mol. The maximum Gasteiger partial charge on any atom is 0.240 e. The second-order valence-corrected chi connectivity index (χ2v) is 6.83. The molecule has 2 aromatic rings. The molecule has 1 aromatic heterocycles. The summed E-state index contributed by atoms with van der Waals surface area (Å²) in [6.45, 7) is 4.48. The summed E-state index contributed by atoms with van der Waals surface area (Å²) in [6, 6.07) is 8.32. The number of hydrogen-bond acceptors (Lipinski definition) is 5. The fourth-order valence-corrected chi connectivity index (χ4v) is 3.03. The Morgan fingerprint density at radius 2 is 2.05 bits per heavy atom. The Balaban J connectivity index is 2.29. The van der Waals surface area contributed by atoms with Crippen LogP contribution in [0.4, 0.5) is 5.82 Å². The quantitative estimate of drug-likeness (QED) is 0.559. The Hall–Kier alpha value is -1.70. The fraction of sp³-hybridized carbons (Fsp3) is 0.357. The van der Waals surface area contributed by atoms with Crippen LogP contribution in [0, 0.1) is 5.92 Å². The van der Waals surface area contributed by atoms with Gasteiger partial charge in [0, 0.05) is 11.9 Å². The zero-order valence-electron chi connectivity index (χ0n) is 12.1. The van der Waals surface area contributed by atoms with Crippen molar-refractivity contribution < 1.29 is 8.42 Å². The van der Waals surface area contributed by atoms with Gasteiger partial charge in [-0.05, 0) is 36.2 Å². The molecule has 0 fully saturated rings. The SMILES string of the molecule is CCC(C)CNS(=O)(=O)c1ccc2nc(NN)ccc2c1. The summed E-state index contributed by atoms with van der Waals surface area (Å²) in [5, 5.41) is 0.750. The topological polar surface area (TPSA) is 97.1 Å². The summed E-state index contributed by atoms with van der Waals surface area (Å²) < 4.78 is 27.1. The Bertz CT molecular complexity index is 731. The molecule has 0 saturated carbocycles. The van der Waals surface area contributed by atoms with E-state index in [-0.39, 0.29) is 4.90 Å². The number of fused-ring (bicyclic) bond motifs is 1. The van der Waals surface area contributed by atoms with E-state index in [4.69, 9.17) is 5.84 Å². The molecule has 0 aliphatic rings. The van der Waals surface area contributed by atoms with E-state index in [9.17, 15) is 8.42 Å². The molecule has 0 aliphatic heterocycles. The Morgan fingerprint density at radius 1 is 1.29 bits per heavy atom. The van der Waals surface area contributed by atoms with Crippen LogP contribution in [0.2, 0.25) is 0 Å². The lowest BCUT2D eigenvalue weighted by Gasteiger charge is -2.11. The predicted molar refractivity (Wildman–Crippen MR) is 84.2 cm³/mol. The van der Waals surface area contributed by atoms with Gasteiger partial charge < -0.3 is 5.43 Å². The van der Waals surface area contributed by atoms with Crippen LogP contribution in [0.25, 0.3) is 10.9 Å². The van der Waals surface area contributed by atoms with Crippen LogP contribution in [0.15, 0.2) is 35.2 Å². The van der Waals surface area contributed by atoms with Crippen molar-refractivity contribution in [3.8, 4) is 0 Å². The fourth-order valence-electron chi connectivity index (χ4n) is 1.83. The zero-order chi connectivity index (χ0) is 15.5. The molecule has 1 atom stereocenters. The van der Waals surface area contributed by atoms with E-state index >= 15 is 0 Å². The maximum atomic E-state index is 12.3. The third-order valence-corrected chi connectivity index (χ3v) is 4.86. The van der Waals surface area contributed by atoms with E-state index in [1.165, 1.54) is 0 Å². The molecule has 1 aromatic carbocycles. The Morgan fingerprint density at radius 3 is 2.71 bits per heavy atom. The molecule has 4 N–H and O–H groups in total. The number of nitrogen functional groups attached to an aromatic ring is 1. The molecule has 0 radical (unpaired) electrons. The molecule has 7 heteroatoms. The molecule has 0 aliphatic carbocycles. The third-order valence-electron chi connectivity index (χ3n) is 3.44. The normalized spacial score (nSPS) is 13.3. The molecule has 21 heavy (non-hydrogen) atoms. The van der Waals surface area contributed by atoms with Gasteiger partial charge in [-0.1, -0.05) is 20.3 Å². The van der Waals surface area contributed by atoms with Gasteiger partial charge in [0.1, 0.15) is 5.82 Å². The second-order valence-electron chi connectivity index (χ2n) is 5.06. The number of sulfonamides is 1. The van der Waals surface area contributed by atoms with E-state index in [2.05, 4.69) is 15.1 Å². The first-order valence-electron chi connectivity index (χ1n) is 6.83. The van der Waals surface area contributed by atoms with Gasteiger partial charge >= 0.3 is 0 Å². The molecular formula is C14H20N4O2S. The zero-order valence-corrected chi connectivity index (χ0v) is 12.9. The second kappa shape index (κ2) is 6.38. The smallest absolute Gasteiger partial charge is 0.240 e. The number of aromatic nitrogens is 1. The largest absolute Gasteiger partial charge is 0.308 e. The highest BCUT2D eigenvalue weighted by atomic mass is 32.2. The van der Waals surface area contributed by atoms with Gasteiger partial charge in [-0.15, -0.1) is 0 Å². The minimum atomic E-state index is -3.49. The molecule has 6 nitrogen and oxygen atoms in total. The molecule has 0 spiro atoms. The molecule has 0 bridgehead atoms. The van der Waals surface area contributed by atoms with Crippen LogP contribution in [0.5, 0.6) is 0 Å². The summed E-state index contributed by atoms with van der Waals surface area (Å²) in [5.41, 5.74) is 3.15. The molecule has 0 amide bonds. The van der Waals surface area contributed by atoms with Crippen molar-refractivity contribution in [1.29, 1.82) is 0 Å². The number of hydrogen-bond donors (Lipinski definition) is 3. The van der Waals surface area contributed by atoms with E-state index < -0.39 is 10.0 Å². The minimum absolute atomic E-state index is 0.244. The van der Waals surface area contributed by atoms with Gasteiger partial charge in [-0.2, -0.15) is 0 Å². The van der Waals surface area contributed by atoms with E-state index in [1.807, 2.05) is 13.8 Å². The van der Waals surface area contributed by atoms with Crippen molar-refractivity contribution in [2.24, 2.45) is 11.8 Å². The van der Waals surface area contributed by atoms with Crippen molar-refractivity contribution in [2.75, 3.05) is 12.0 Å². The van der Waals surface area contributed by atoms with Crippen LogP contribution in [0.3, 0.4) is 0 Å². The number of anilines is 1. The summed E-state index contributed by atoms with van der Waals surface area (Å²) in [5.74, 6) is 6.14. The highest BCUT2D eigenvalue weighted by molar-refractivity contribution is 7.89. The van der Waals surface area contributed by atoms with Gasteiger partial charge in [0.25, 0.3) is 0 Å². The van der Waals surface area contributed by atoms with Gasteiger partial charge in [0.15, 0.2) is 0 Å². The summed E-state index contributed by atoms with van der Waals surface area (Å²) in [7, 11) is -3.49. The molecule has 1 unspecified atom stereocenters. The standard InChI is InChI=1S/C14H20N4O2S/c1-3-10(2)9-16-21(19,20)12-5-6-13-11(8-12)4-7-14(17-13)18-15/h4-8,10,16H,3,9,15H2,1-2H3,(H,17,18). The number of rotatable bonds is 6. The first-order valence-corrected chi connectivity index (χ1v) is 8.31. The predicted octanol–water partition coefficient (Wildman–Crippen LogP) is 1.84. The van der Waals surface area contributed by atoms with Gasteiger partial charge in [0.2, 0.25) is 10.0 Å². The lowest BCUT2D eigenvalue weighted by Crippen LogP contribution is -2.28.